The van der Waals surface area contributed by atoms with E-state index in [2.05, 4.69) is 0 Å². The first-order valence-electron chi connectivity index (χ1n) is 10.8. The van der Waals surface area contributed by atoms with E-state index in [-0.39, 0.29) is 11.8 Å². The van der Waals surface area contributed by atoms with Gasteiger partial charge in [0.15, 0.2) is 6.10 Å². The number of halogens is 1. The highest BCUT2D eigenvalue weighted by Gasteiger charge is 2.60. The van der Waals surface area contributed by atoms with Gasteiger partial charge in [-0.1, -0.05) is 41.9 Å². The molecule has 2 heterocycles. The third-order valence-electron chi connectivity index (χ3n) is 6.30. The SMILES string of the molecule is Cc1ccccc1N1O[C@@H]2C(=O)N(c3ccc(Cl)cc3)C(=O)[C@@H]2[C@@H]1c1ccc(N(C)C)cc1. The van der Waals surface area contributed by atoms with Gasteiger partial charge in [0.2, 0.25) is 5.91 Å². The average Bonchev–Trinajstić information content (AvgIpc) is 3.31. The van der Waals surface area contributed by atoms with Crippen LogP contribution in [-0.2, 0) is 14.4 Å². The number of carbonyl (C=O) groups is 2. The number of nitrogens with zero attached hydrogens (tertiary/aromatic N) is 3. The Morgan fingerprint density at radius 2 is 1.55 bits per heavy atom. The minimum Gasteiger partial charge on any atom is -0.378 e. The second-order valence-electron chi connectivity index (χ2n) is 8.58. The van der Waals surface area contributed by atoms with Crippen molar-refractivity contribution >= 4 is 40.5 Å². The first-order valence-corrected chi connectivity index (χ1v) is 11.2. The van der Waals surface area contributed by atoms with Crippen molar-refractivity contribution in [3.05, 3.63) is 88.9 Å². The molecule has 7 heteroatoms. The number of carbonyl (C=O) groups excluding carboxylic acids is 2. The molecular formula is C26H24ClN3O3. The third-order valence-corrected chi connectivity index (χ3v) is 6.56. The Labute approximate surface area is 197 Å². The quantitative estimate of drug-likeness (QED) is 0.524. The summed E-state index contributed by atoms with van der Waals surface area (Å²) in [4.78, 5) is 36.5. The van der Waals surface area contributed by atoms with Crippen LogP contribution in [0.4, 0.5) is 17.1 Å². The van der Waals surface area contributed by atoms with Gasteiger partial charge < -0.3 is 4.90 Å². The maximum Gasteiger partial charge on any atom is 0.266 e. The van der Waals surface area contributed by atoms with Crippen molar-refractivity contribution in [2.24, 2.45) is 5.92 Å². The molecule has 168 valence electrons. The van der Waals surface area contributed by atoms with Gasteiger partial charge in [-0.2, -0.15) is 0 Å². The second-order valence-corrected chi connectivity index (χ2v) is 9.02. The number of benzene rings is 3. The first-order chi connectivity index (χ1) is 15.9. The van der Waals surface area contributed by atoms with Crippen LogP contribution in [0, 0.1) is 12.8 Å². The van der Waals surface area contributed by atoms with Gasteiger partial charge in [-0.15, -0.1) is 0 Å². The molecule has 5 rings (SSSR count). The maximum absolute atomic E-state index is 13.7. The fourth-order valence-electron chi connectivity index (χ4n) is 4.59. The molecule has 0 unspecified atom stereocenters. The number of aryl methyl sites for hydroxylation is 1. The van der Waals surface area contributed by atoms with Gasteiger partial charge in [-0.3, -0.25) is 14.4 Å². The van der Waals surface area contributed by atoms with Gasteiger partial charge in [0.25, 0.3) is 5.91 Å². The molecule has 3 atom stereocenters. The molecule has 2 saturated heterocycles. The number of hydrogen-bond donors (Lipinski definition) is 0. The van der Waals surface area contributed by atoms with Gasteiger partial charge >= 0.3 is 0 Å². The van der Waals surface area contributed by atoms with E-state index >= 15 is 0 Å². The molecule has 2 fully saturated rings. The number of anilines is 3. The molecule has 0 N–H and O–H groups in total. The van der Waals surface area contributed by atoms with Crippen molar-refractivity contribution in [3.8, 4) is 0 Å². The van der Waals surface area contributed by atoms with Crippen LogP contribution < -0.4 is 14.9 Å². The number of amides is 2. The first kappa shape index (κ1) is 21.5. The van der Waals surface area contributed by atoms with Crippen LogP contribution in [0.5, 0.6) is 0 Å². The molecule has 2 aliphatic heterocycles. The van der Waals surface area contributed by atoms with Gasteiger partial charge in [-0.05, 0) is 60.5 Å². The molecule has 3 aromatic carbocycles. The fourth-order valence-corrected chi connectivity index (χ4v) is 4.71. The van der Waals surface area contributed by atoms with E-state index in [4.69, 9.17) is 16.4 Å². The Hall–Kier alpha value is -3.35. The Kier molecular flexibility index (Phi) is 5.35. The predicted molar refractivity (Wildman–Crippen MR) is 129 cm³/mol. The number of para-hydroxylation sites is 1. The van der Waals surface area contributed by atoms with Crippen LogP contribution in [-0.4, -0.2) is 32.0 Å². The van der Waals surface area contributed by atoms with Crippen molar-refractivity contribution in [2.75, 3.05) is 29.0 Å². The molecule has 2 amide bonds. The Balaban J connectivity index is 1.58. The normalized spacial score (nSPS) is 22.1. The Bertz CT molecular complexity index is 1210. The van der Waals surface area contributed by atoms with E-state index < -0.39 is 18.1 Å². The smallest absolute Gasteiger partial charge is 0.266 e. The summed E-state index contributed by atoms with van der Waals surface area (Å²) in [6.07, 6.45) is -0.897. The zero-order valence-corrected chi connectivity index (χ0v) is 19.4. The third kappa shape index (κ3) is 3.56. The van der Waals surface area contributed by atoms with E-state index in [9.17, 15) is 9.59 Å². The topological polar surface area (TPSA) is 53.1 Å². The van der Waals surface area contributed by atoms with Crippen molar-refractivity contribution in [3.63, 3.8) is 0 Å². The lowest BCUT2D eigenvalue weighted by Gasteiger charge is -2.30. The van der Waals surface area contributed by atoms with Crippen LogP contribution in [0.3, 0.4) is 0 Å². The summed E-state index contributed by atoms with van der Waals surface area (Å²) in [5.74, 6) is -1.30. The van der Waals surface area contributed by atoms with Crippen LogP contribution in [0.25, 0.3) is 0 Å². The van der Waals surface area contributed by atoms with Crippen LogP contribution >= 0.6 is 11.6 Å². The minimum absolute atomic E-state index is 0.273. The lowest BCUT2D eigenvalue weighted by atomic mass is 9.90. The largest absolute Gasteiger partial charge is 0.378 e. The number of rotatable bonds is 4. The van der Waals surface area contributed by atoms with Gasteiger partial charge in [-0.25, -0.2) is 9.96 Å². The highest BCUT2D eigenvalue weighted by atomic mass is 35.5. The standard InChI is InChI=1S/C26H24ClN3O3/c1-16-6-4-5-7-21(16)30-23(17-8-12-19(13-9-17)28(2)3)22-24(33-30)26(32)29(25(22)31)20-14-10-18(27)11-15-20/h4-15,22-24H,1-3H3/t22-,23+,24+/m1/s1. The monoisotopic (exact) mass is 461 g/mol. The summed E-state index contributed by atoms with van der Waals surface area (Å²) < 4.78 is 0. The lowest BCUT2D eigenvalue weighted by molar-refractivity contribution is -0.126. The van der Waals surface area contributed by atoms with E-state index in [0.29, 0.717) is 10.7 Å². The molecular weight excluding hydrogens is 438 g/mol. The molecule has 2 aliphatic rings. The van der Waals surface area contributed by atoms with Crippen LogP contribution in [0.15, 0.2) is 72.8 Å². The molecule has 33 heavy (non-hydrogen) atoms. The van der Waals surface area contributed by atoms with Crippen molar-refractivity contribution < 1.29 is 14.4 Å². The van der Waals surface area contributed by atoms with Gasteiger partial charge in [0.05, 0.1) is 17.4 Å². The van der Waals surface area contributed by atoms with E-state index in [1.54, 1.807) is 29.3 Å². The summed E-state index contributed by atoms with van der Waals surface area (Å²) in [5, 5.41) is 2.28. The lowest BCUT2D eigenvalue weighted by Crippen LogP contribution is -2.37. The zero-order valence-electron chi connectivity index (χ0n) is 18.6. The number of fused-ring (bicyclic) bond motifs is 1. The molecule has 6 nitrogen and oxygen atoms in total. The Morgan fingerprint density at radius 1 is 0.879 bits per heavy atom. The van der Waals surface area contributed by atoms with Gasteiger partial charge in [0, 0.05) is 24.8 Å². The van der Waals surface area contributed by atoms with Crippen molar-refractivity contribution in [2.45, 2.75) is 19.1 Å². The minimum atomic E-state index is -0.897. The fraction of sp³-hybridized carbons (Fsp3) is 0.231. The number of imide groups is 1. The van der Waals surface area contributed by atoms with Gasteiger partial charge in [0.1, 0.15) is 5.92 Å². The highest BCUT2D eigenvalue weighted by Crippen LogP contribution is 2.48. The molecule has 0 aliphatic carbocycles. The average molecular weight is 462 g/mol. The molecule has 0 bridgehead atoms. The number of hydrogen-bond acceptors (Lipinski definition) is 5. The van der Waals surface area contributed by atoms with E-state index in [1.807, 2.05) is 74.4 Å². The summed E-state index contributed by atoms with van der Waals surface area (Å²) in [6.45, 7) is 1.99. The predicted octanol–water partition coefficient (Wildman–Crippen LogP) is 4.77. The second kappa shape index (κ2) is 8.21. The maximum atomic E-state index is 13.7. The van der Waals surface area contributed by atoms with Crippen molar-refractivity contribution in [1.29, 1.82) is 0 Å². The number of hydroxylamine groups is 1. The molecule has 0 radical (unpaired) electrons. The summed E-state index contributed by atoms with van der Waals surface area (Å²) in [7, 11) is 3.96. The van der Waals surface area contributed by atoms with E-state index in [0.717, 1.165) is 22.5 Å². The van der Waals surface area contributed by atoms with E-state index in [1.165, 1.54) is 4.90 Å². The molecule has 0 aromatic heterocycles. The molecule has 0 saturated carbocycles. The van der Waals surface area contributed by atoms with Crippen LogP contribution in [0.1, 0.15) is 17.2 Å². The summed E-state index contributed by atoms with van der Waals surface area (Å²) >= 11 is 6.00. The van der Waals surface area contributed by atoms with Crippen LogP contribution in [0.2, 0.25) is 5.02 Å². The molecule has 0 spiro atoms. The Morgan fingerprint density at radius 3 is 2.18 bits per heavy atom. The summed E-state index contributed by atoms with van der Waals surface area (Å²) in [5.41, 5.74) is 4.30. The molecule has 3 aromatic rings. The summed E-state index contributed by atoms with van der Waals surface area (Å²) in [6, 6.07) is 22.1. The zero-order chi connectivity index (χ0) is 23.3. The van der Waals surface area contributed by atoms with Crippen molar-refractivity contribution in [1.82, 2.24) is 0 Å². The highest BCUT2D eigenvalue weighted by molar-refractivity contribution is 6.31.